The Morgan fingerprint density at radius 1 is 1.35 bits per heavy atom. The van der Waals surface area contributed by atoms with Gasteiger partial charge in [0, 0.05) is 11.9 Å². The number of carbonyl (C=O) groups is 1. The highest BCUT2D eigenvalue weighted by molar-refractivity contribution is 7.13. The molecule has 0 aliphatic carbocycles. The summed E-state index contributed by atoms with van der Waals surface area (Å²) in [6.45, 7) is 3.26. The molecule has 3 aliphatic heterocycles. The predicted octanol–water partition coefficient (Wildman–Crippen LogP) is 2.58. The minimum Gasteiger partial charge on any atom is -0.325 e. The molecule has 3 aliphatic rings. The Hall–Kier alpha value is -1.46. The standard InChI is InChI=1S/C15H17N3OS/c19-15(12-9-18-6-4-10(12)5-7-18)17-13-2-1-3-14-11(13)8-16-20-14/h1-3,8,10,12H,4-7,9H2,(H,17,19). The third-order valence-electron chi connectivity index (χ3n) is 4.65. The molecule has 0 radical (unpaired) electrons. The second kappa shape index (κ2) is 4.82. The number of nitrogens with zero attached hydrogens (tertiary/aromatic N) is 2. The van der Waals surface area contributed by atoms with Crippen LogP contribution in [0.3, 0.4) is 0 Å². The SMILES string of the molecule is O=C(Nc1cccc2sncc12)C1CN2CCC1CC2. The van der Waals surface area contributed by atoms with Crippen LogP contribution in [-0.2, 0) is 4.79 Å². The van der Waals surface area contributed by atoms with Gasteiger partial charge in [0.1, 0.15) is 0 Å². The number of fused-ring (bicyclic) bond motifs is 4. The first-order chi connectivity index (χ1) is 9.81. The molecule has 1 aromatic heterocycles. The summed E-state index contributed by atoms with van der Waals surface area (Å²) in [7, 11) is 0. The summed E-state index contributed by atoms with van der Waals surface area (Å²) in [5.41, 5.74) is 0.901. The first-order valence-electron chi connectivity index (χ1n) is 7.18. The monoisotopic (exact) mass is 287 g/mol. The van der Waals surface area contributed by atoms with Crippen LogP contribution < -0.4 is 5.32 Å². The molecule has 104 valence electrons. The van der Waals surface area contributed by atoms with E-state index in [1.165, 1.54) is 37.5 Å². The maximum atomic E-state index is 12.6. The van der Waals surface area contributed by atoms with Crippen LogP contribution in [0.25, 0.3) is 10.1 Å². The van der Waals surface area contributed by atoms with Gasteiger partial charge >= 0.3 is 0 Å². The van der Waals surface area contributed by atoms with Gasteiger partial charge in [0.25, 0.3) is 0 Å². The zero-order chi connectivity index (χ0) is 13.5. The van der Waals surface area contributed by atoms with E-state index in [1.807, 2.05) is 24.4 Å². The number of piperidine rings is 3. The Labute approximate surface area is 121 Å². The molecule has 1 unspecified atom stereocenters. The van der Waals surface area contributed by atoms with Crippen molar-refractivity contribution in [3.05, 3.63) is 24.4 Å². The van der Waals surface area contributed by atoms with E-state index < -0.39 is 0 Å². The van der Waals surface area contributed by atoms with E-state index in [-0.39, 0.29) is 11.8 Å². The largest absolute Gasteiger partial charge is 0.325 e. The van der Waals surface area contributed by atoms with Crippen molar-refractivity contribution < 1.29 is 4.79 Å². The fourth-order valence-electron chi connectivity index (χ4n) is 3.49. The van der Waals surface area contributed by atoms with Crippen molar-refractivity contribution in [3.63, 3.8) is 0 Å². The minimum atomic E-state index is 0.152. The number of aromatic nitrogens is 1. The molecular formula is C15H17N3OS. The molecule has 1 N–H and O–H groups in total. The van der Waals surface area contributed by atoms with E-state index in [9.17, 15) is 4.79 Å². The van der Waals surface area contributed by atoms with E-state index in [0.717, 1.165) is 22.3 Å². The molecular weight excluding hydrogens is 270 g/mol. The zero-order valence-corrected chi connectivity index (χ0v) is 12.0. The quantitative estimate of drug-likeness (QED) is 0.923. The van der Waals surface area contributed by atoms with Crippen LogP contribution in [0.4, 0.5) is 5.69 Å². The van der Waals surface area contributed by atoms with Gasteiger partial charge in [-0.3, -0.25) is 4.79 Å². The Balaban J connectivity index is 1.57. The van der Waals surface area contributed by atoms with Gasteiger partial charge in [0.15, 0.2) is 0 Å². The molecule has 1 amide bonds. The lowest BCUT2D eigenvalue weighted by atomic mass is 9.78. The van der Waals surface area contributed by atoms with Gasteiger partial charge in [-0.15, -0.1) is 0 Å². The van der Waals surface area contributed by atoms with Crippen molar-refractivity contribution in [2.45, 2.75) is 12.8 Å². The van der Waals surface area contributed by atoms with Crippen LogP contribution in [0.2, 0.25) is 0 Å². The Bertz CT molecular complexity index is 645. The minimum absolute atomic E-state index is 0.152. The second-order valence-corrected chi connectivity index (χ2v) is 6.61. The average Bonchev–Trinajstić information content (AvgIpc) is 2.98. The van der Waals surface area contributed by atoms with Crippen LogP contribution in [-0.4, -0.2) is 34.8 Å². The summed E-state index contributed by atoms with van der Waals surface area (Å²) in [5, 5.41) is 4.17. The van der Waals surface area contributed by atoms with Gasteiger partial charge in [-0.05, 0) is 55.5 Å². The van der Waals surface area contributed by atoms with Gasteiger partial charge in [-0.2, -0.15) is 4.37 Å². The van der Waals surface area contributed by atoms with Crippen molar-refractivity contribution >= 4 is 33.2 Å². The van der Waals surface area contributed by atoms with Gasteiger partial charge < -0.3 is 10.2 Å². The van der Waals surface area contributed by atoms with Gasteiger partial charge in [0.05, 0.1) is 22.5 Å². The molecule has 0 spiro atoms. The van der Waals surface area contributed by atoms with E-state index >= 15 is 0 Å². The van der Waals surface area contributed by atoms with Gasteiger partial charge in [-0.25, -0.2) is 0 Å². The Morgan fingerprint density at radius 2 is 2.20 bits per heavy atom. The zero-order valence-electron chi connectivity index (χ0n) is 11.2. The molecule has 4 nitrogen and oxygen atoms in total. The molecule has 5 heteroatoms. The normalized spacial score (nSPS) is 28.7. The fraction of sp³-hybridized carbons (Fsp3) is 0.467. The van der Waals surface area contributed by atoms with Crippen LogP contribution in [0, 0.1) is 11.8 Å². The summed E-state index contributed by atoms with van der Waals surface area (Å²) in [6, 6.07) is 5.99. The van der Waals surface area contributed by atoms with Crippen LogP contribution >= 0.6 is 11.5 Å². The lowest BCUT2D eigenvalue weighted by molar-refractivity contribution is -0.125. The first-order valence-corrected chi connectivity index (χ1v) is 7.95. The summed E-state index contributed by atoms with van der Waals surface area (Å²) < 4.78 is 5.32. The predicted molar refractivity (Wildman–Crippen MR) is 80.9 cm³/mol. The van der Waals surface area contributed by atoms with Gasteiger partial charge in [0.2, 0.25) is 5.91 Å². The molecule has 0 saturated carbocycles. The molecule has 1 atom stereocenters. The topological polar surface area (TPSA) is 45.2 Å². The fourth-order valence-corrected chi connectivity index (χ4v) is 4.16. The molecule has 1 aromatic carbocycles. The summed E-state index contributed by atoms with van der Waals surface area (Å²) in [5.74, 6) is 0.900. The van der Waals surface area contributed by atoms with Gasteiger partial charge in [-0.1, -0.05) is 6.07 Å². The first kappa shape index (κ1) is 12.3. The van der Waals surface area contributed by atoms with E-state index in [2.05, 4.69) is 14.6 Å². The van der Waals surface area contributed by atoms with Crippen molar-refractivity contribution in [3.8, 4) is 0 Å². The van der Waals surface area contributed by atoms with Crippen molar-refractivity contribution in [1.82, 2.24) is 9.27 Å². The molecule has 2 aromatic rings. The van der Waals surface area contributed by atoms with Crippen molar-refractivity contribution in [2.75, 3.05) is 25.0 Å². The van der Waals surface area contributed by atoms with E-state index in [0.29, 0.717) is 5.92 Å². The molecule has 3 saturated heterocycles. The Morgan fingerprint density at radius 3 is 2.95 bits per heavy atom. The molecule has 2 bridgehead atoms. The molecule has 3 fully saturated rings. The summed E-state index contributed by atoms with van der Waals surface area (Å²) in [6.07, 6.45) is 4.18. The number of nitrogens with one attached hydrogen (secondary N) is 1. The number of anilines is 1. The highest BCUT2D eigenvalue weighted by Gasteiger charge is 2.38. The maximum Gasteiger partial charge on any atom is 0.229 e. The highest BCUT2D eigenvalue weighted by atomic mass is 32.1. The number of rotatable bonds is 2. The molecule has 20 heavy (non-hydrogen) atoms. The van der Waals surface area contributed by atoms with Crippen LogP contribution in [0.15, 0.2) is 24.4 Å². The van der Waals surface area contributed by atoms with Crippen molar-refractivity contribution in [2.24, 2.45) is 11.8 Å². The Kier molecular flexibility index (Phi) is 2.97. The highest BCUT2D eigenvalue weighted by Crippen LogP contribution is 2.34. The number of hydrogen-bond donors (Lipinski definition) is 1. The number of benzene rings is 1. The van der Waals surface area contributed by atoms with E-state index in [4.69, 9.17) is 0 Å². The molecule has 5 rings (SSSR count). The number of hydrogen-bond acceptors (Lipinski definition) is 4. The second-order valence-electron chi connectivity index (χ2n) is 5.78. The van der Waals surface area contributed by atoms with Crippen LogP contribution in [0.1, 0.15) is 12.8 Å². The summed E-state index contributed by atoms with van der Waals surface area (Å²) in [4.78, 5) is 15.0. The smallest absolute Gasteiger partial charge is 0.229 e. The maximum absolute atomic E-state index is 12.6. The third kappa shape index (κ3) is 2.01. The number of carbonyl (C=O) groups excluding carboxylic acids is 1. The van der Waals surface area contributed by atoms with E-state index in [1.54, 1.807) is 0 Å². The lowest BCUT2D eigenvalue weighted by Crippen LogP contribution is -2.51. The molecule has 4 heterocycles. The summed E-state index contributed by atoms with van der Waals surface area (Å²) >= 11 is 1.47. The number of amides is 1. The lowest BCUT2D eigenvalue weighted by Gasteiger charge is -2.43. The van der Waals surface area contributed by atoms with Crippen molar-refractivity contribution in [1.29, 1.82) is 0 Å². The average molecular weight is 287 g/mol. The van der Waals surface area contributed by atoms with Crippen LogP contribution in [0.5, 0.6) is 0 Å². The third-order valence-corrected chi connectivity index (χ3v) is 5.41.